The highest BCUT2D eigenvalue weighted by Crippen LogP contribution is 2.25. The van der Waals surface area contributed by atoms with Crippen LogP contribution in [0.15, 0.2) is 42.5 Å². The van der Waals surface area contributed by atoms with Crippen molar-refractivity contribution < 1.29 is 26.7 Å². The first-order chi connectivity index (χ1) is 14.3. The molecule has 0 aromatic heterocycles. The van der Waals surface area contributed by atoms with Gasteiger partial charge in [-0.05, 0) is 42.2 Å². The zero-order chi connectivity index (χ0) is 23.4. The van der Waals surface area contributed by atoms with E-state index in [4.69, 9.17) is 4.74 Å². The normalized spacial score (nSPS) is 12.9. The van der Waals surface area contributed by atoms with Crippen molar-refractivity contribution in [3.8, 4) is 5.75 Å². The largest absolute Gasteiger partial charge is 0.492 e. The van der Waals surface area contributed by atoms with Crippen molar-refractivity contribution in [2.24, 2.45) is 0 Å². The Morgan fingerprint density at radius 1 is 1.10 bits per heavy atom. The highest BCUT2D eigenvalue weighted by Gasteiger charge is 2.29. The topological polar surface area (TPSA) is 75.7 Å². The standard InChI is InChI=1S/C22H28F2N2O4S/c1-15(26(31(5,28)29)17-8-11-19(23)20(24)14-17)21(27)25-12-13-30-18-9-6-16(7-10-18)22(2,3)4/h6-11,14-15H,12-13H2,1-5H3,(H,25,27)/t15-/m0/s1. The number of anilines is 1. The van der Waals surface area contributed by atoms with Crippen molar-refractivity contribution >= 4 is 21.6 Å². The summed E-state index contributed by atoms with van der Waals surface area (Å²) in [6.45, 7) is 8.01. The van der Waals surface area contributed by atoms with Crippen LogP contribution >= 0.6 is 0 Å². The van der Waals surface area contributed by atoms with Gasteiger partial charge in [0.1, 0.15) is 18.4 Å². The highest BCUT2D eigenvalue weighted by atomic mass is 32.2. The minimum Gasteiger partial charge on any atom is -0.492 e. The minimum atomic E-state index is -3.93. The average molecular weight is 455 g/mol. The van der Waals surface area contributed by atoms with E-state index in [0.717, 1.165) is 28.8 Å². The first-order valence-corrected chi connectivity index (χ1v) is 11.6. The molecule has 1 atom stereocenters. The van der Waals surface area contributed by atoms with Crippen LogP contribution in [0.2, 0.25) is 0 Å². The van der Waals surface area contributed by atoms with Crippen LogP contribution in [-0.4, -0.2) is 39.8 Å². The molecule has 0 unspecified atom stereocenters. The summed E-state index contributed by atoms with van der Waals surface area (Å²) in [5.74, 6) is -2.26. The zero-order valence-corrected chi connectivity index (χ0v) is 19.1. The van der Waals surface area contributed by atoms with Crippen LogP contribution in [0.1, 0.15) is 33.3 Å². The summed E-state index contributed by atoms with van der Waals surface area (Å²) >= 11 is 0. The van der Waals surface area contributed by atoms with Gasteiger partial charge in [-0.3, -0.25) is 9.10 Å². The number of benzene rings is 2. The molecule has 9 heteroatoms. The van der Waals surface area contributed by atoms with Crippen LogP contribution in [0.5, 0.6) is 5.75 Å². The molecule has 0 aliphatic heterocycles. The monoisotopic (exact) mass is 454 g/mol. The second-order valence-corrected chi connectivity index (χ2v) is 10.1. The van der Waals surface area contributed by atoms with Crippen LogP contribution < -0.4 is 14.4 Å². The van der Waals surface area contributed by atoms with Gasteiger partial charge >= 0.3 is 0 Å². The zero-order valence-electron chi connectivity index (χ0n) is 18.3. The van der Waals surface area contributed by atoms with Gasteiger partial charge in [-0.25, -0.2) is 17.2 Å². The van der Waals surface area contributed by atoms with Crippen LogP contribution in [0.25, 0.3) is 0 Å². The molecule has 0 saturated carbocycles. The summed E-state index contributed by atoms with van der Waals surface area (Å²) < 4.78 is 57.5. The van der Waals surface area contributed by atoms with Crippen LogP contribution in [0, 0.1) is 11.6 Å². The van der Waals surface area contributed by atoms with Crippen molar-refractivity contribution in [2.45, 2.75) is 39.2 Å². The Bertz CT molecular complexity index is 1020. The molecule has 0 aliphatic carbocycles. The van der Waals surface area contributed by atoms with E-state index in [-0.39, 0.29) is 24.3 Å². The van der Waals surface area contributed by atoms with Crippen molar-refractivity contribution in [3.63, 3.8) is 0 Å². The predicted molar refractivity (Wildman–Crippen MR) is 117 cm³/mol. The van der Waals surface area contributed by atoms with E-state index in [1.807, 2.05) is 24.3 Å². The Labute approximate surface area is 182 Å². The molecule has 2 rings (SSSR count). The van der Waals surface area contributed by atoms with Gasteiger partial charge in [0.25, 0.3) is 0 Å². The van der Waals surface area contributed by atoms with Gasteiger partial charge in [0.15, 0.2) is 11.6 Å². The summed E-state index contributed by atoms with van der Waals surface area (Å²) in [6.07, 6.45) is 0.891. The number of ether oxygens (including phenoxy) is 1. The fraction of sp³-hybridized carbons (Fsp3) is 0.409. The number of nitrogens with zero attached hydrogens (tertiary/aromatic N) is 1. The van der Waals surface area contributed by atoms with Gasteiger partial charge < -0.3 is 10.1 Å². The van der Waals surface area contributed by atoms with Crippen LogP contribution in [0.3, 0.4) is 0 Å². The number of hydrogen-bond donors (Lipinski definition) is 1. The number of hydrogen-bond acceptors (Lipinski definition) is 4. The Balaban J connectivity index is 1.97. The lowest BCUT2D eigenvalue weighted by Crippen LogP contribution is -2.48. The number of halogens is 2. The van der Waals surface area contributed by atoms with Gasteiger partial charge in [-0.2, -0.15) is 0 Å². The third kappa shape index (κ3) is 6.65. The maximum atomic E-state index is 13.6. The average Bonchev–Trinajstić information content (AvgIpc) is 2.66. The van der Waals surface area contributed by atoms with Gasteiger partial charge in [0.2, 0.25) is 15.9 Å². The first kappa shape index (κ1) is 24.6. The second kappa shape index (κ2) is 9.64. The molecule has 2 aromatic rings. The quantitative estimate of drug-likeness (QED) is 0.619. The number of rotatable bonds is 8. The highest BCUT2D eigenvalue weighted by molar-refractivity contribution is 7.92. The van der Waals surface area contributed by atoms with Crippen molar-refractivity contribution in [1.29, 1.82) is 0 Å². The maximum Gasteiger partial charge on any atom is 0.243 e. The Kier molecular flexibility index (Phi) is 7.64. The summed E-state index contributed by atoms with van der Waals surface area (Å²) in [5.41, 5.74) is 1.06. The van der Waals surface area contributed by atoms with E-state index in [1.54, 1.807) is 0 Å². The summed E-state index contributed by atoms with van der Waals surface area (Å²) in [5, 5.41) is 2.60. The SMILES string of the molecule is C[C@@H](C(=O)NCCOc1ccc(C(C)(C)C)cc1)N(c1ccc(F)c(F)c1)S(C)(=O)=O. The molecule has 0 fully saturated rings. The van der Waals surface area contributed by atoms with Gasteiger partial charge in [0, 0.05) is 6.07 Å². The lowest BCUT2D eigenvalue weighted by molar-refractivity contribution is -0.121. The number of nitrogens with one attached hydrogen (secondary N) is 1. The van der Waals surface area contributed by atoms with Crippen molar-refractivity contribution in [1.82, 2.24) is 5.32 Å². The molecule has 0 bridgehead atoms. The Morgan fingerprint density at radius 2 is 1.71 bits per heavy atom. The third-order valence-electron chi connectivity index (χ3n) is 4.64. The number of carbonyl (C=O) groups is 1. The van der Waals surface area contributed by atoms with E-state index in [1.165, 1.54) is 12.5 Å². The van der Waals surface area contributed by atoms with E-state index >= 15 is 0 Å². The van der Waals surface area contributed by atoms with E-state index < -0.39 is 33.6 Å². The van der Waals surface area contributed by atoms with E-state index in [0.29, 0.717) is 5.75 Å². The van der Waals surface area contributed by atoms with Gasteiger partial charge in [-0.1, -0.05) is 32.9 Å². The molecule has 0 aliphatic rings. The molecule has 1 amide bonds. The summed E-state index contributed by atoms with van der Waals surface area (Å²) in [6, 6.07) is 9.12. The van der Waals surface area contributed by atoms with Crippen molar-refractivity contribution in [2.75, 3.05) is 23.7 Å². The molecule has 6 nitrogen and oxygen atoms in total. The molecular formula is C22H28F2N2O4S. The fourth-order valence-corrected chi connectivity index (χ4v) is 4.14. The minimum absolute atomic E-state index is 0.0293. The Hall–Kier alpha value is -2.68. The molecule has 1 N–H and O–H groups in total. The number of sulfonamides is 1. The van der Waals surface area contributed by atoms with E-state index in [2.05, 4.69) is 26.1 Å². The lowest BCUT2D eigenvalue weighted by atomic mass is 9.87. The molecular weight excluding hydrogens is 426 g/mol. The summed E-state index contributed by atoms with van der Waals surface area (Å²) in [4.78, 5) is 12.5. The van der Waals surface area contributed by atoms with Gasteiger partial charge in [-0.15, -0.1) is 0 Å². The van der Waals surface area contributed by atoms with Crippen LogP contribution in [-0.2, 0) is 20.2 Å². The summed E-state index contributed by atoms with van der Waals surface area (Å²) in [7, 11) is -3.93. The Morgan fingerprint density at radius 3 is 2.23 bits per heavy atom. The fourth-order valence-electron chi connectivity index (χ4n) is 2.97. The number of amides is 1. The maximum absolute atomic E-state index is 13.6. The van der Waals surface area contributed by atoms with Gasteiger partial charge in [0.05, 0.1) is 18.5 Å². The molecule has 0 radical (unpaired) electrons. The number of carbonyl (C=O) groups excluding carboxylic acids is 1. The third-order valence-corrected chi connectivity index (χ3v) is 5.88. The molecule has 31 heavy (non-hydrogen) atoms. The lowest BCUT2D eigenvalue weighted by Gasteiger charge is -2.28. The smallest absolute Gasteiger partial charge is 0.243 e. The molecule has 170 valence electrons. The predicted octanol–water partition coefficient (Wildman–Crippen LogP) is 3.61. The molecule has 0 spiro atoms. The first-order valence-electron chi connectivity index (χ1n) is 9.76. The molecule has 0 saturated heterocycles. The second-order valence-electron chi connectivity index (χ2n) is 8.25. The van der Waals surface area contributed by atoms with Crippen molar-refractivity contribution in [3.05, 3.63) is 59.7 Å². The van der Waals surface area contributed by atoms with Crippen LogP contribution in [0.4, 0.5) is 14.5 Å². The van der Waals surface area contributed by atoms with E-state index in [9.17, 15) is 22.0 Å². The molecule has 2 aromatic carbocycles. The molecule has 0 heterocycles.